The molecule has 0 unspecified atom stereocenters. The maximum Gasteiger partial charge on any atom is 0.238 e. The lowest BCUT2D eigenvalue weighted by Crippen LogP contribution is -2.13. The fourth-order valence-electron chi connectivity index (χ4n) is 2.35. The first kappa shape index (κ1) is 16.2. The van der Waals surface area contributed by atoms with Gasteiger partial charge in [-0.25, -0.2) is 13.6 Å². The van der Waals surface area contributed by atoms with Crippen LogP contribution in [0.4, 0.5) is 0 Å². The second-order valence-electron chi connectivity index (χ2n) is 5.17. The zero-order chi connectivity index (χ0) is 17.0. The minimum absolute atomic E-state index is 0.0215. The van der Waals surface area contributed by atoms with Crippen LogP contribution in [0.3, 0.4) is 0 Å². The molecular formula is C18H16N2O3S. The Hall–Kier alpha value is -2.70. The Labute approximate surface area is 140 Å². The van der Waals surface area contributed by atoms with Gasteiger partial charge in [-0.1, -0.05) is 48.5 Å². The summed E-state index contributed by atoms with van der Waals surface area (Å²) in [7, 11) is -3.86. The maximum atomic E-state index is 11.8. The van der Waals surface area contributed by atoms with Gasteiger partial charge in [0.1, 0.15) is 18.1 Å². The number of rotatable bonds is 5. The van der Waals surface area contributed by atoms with Crippen molar-refractivity contribution >= 4 is 10.0 Å². The van der Waals surface area contributed by atoms with Crippen LogP contribution in [0.15, 0.2) is 77.8 Å². The average Bonchev–Trinajstić information content (AvgIpc) is 2.60. The van der Waals surface area contributed by atoms with Crippen molar-refractivity contribution in [3.63, 3.8) is 0 Å². The van der Waals surface area contributed by atoms with E-state index in [4.69, 9.17) is 9.88 Å². The van der Waals surface area contributed by atoms with Crippen molar-refractivity contribution in [2.24, 2.45) is 5.14 Å². The van der Waals surface area contributed by atoms with Crippen LogP contribution in [0.1, 0.15) is 5.56 Å². The quantitative estimate of drug-likeness (QED) is 0.774. The number of sulfonamides is 1. The summed E-state index contributed by atoms with van der Waals surface area (Å²) >= 11 is 0. The molecular weight excluding hydrogens is 324 g/mol. The Balaban J connectivity index is 1.99. The Kier molecular flexibility index (Phi) is 4.59. The molecule has 0 saturated heterocycles. The third-order valence-corrected chi connectivity index (χ3v) is 4.43. The molecule has 122 valence electrons. The number of aromatic nitrogens is 1. The van der Waals surface area contributed by atoms with Gasteiger partial charge in [-0.05, 0) is 23.8 Å². The summed E-state index contributed by atoms with van der Waals surface area (Å²) < 4.78 is 29.5. The molecule has 3 rings (SSSR count). The standard InChI is InChI=1S/C18H16N2O3S/c19-24(21,22)17-11-5-4-9-15(17)18-16(10-6-12-20-18)23-13-14-7-2-1-3-8-14/h1-12H,13H2,(H2,19,21,22). The predicted molar refractivity (Wildman–Crippen MR) is 91.8 cm³/mol. The molecule has 0 saturated carbocycles. The summed E-state index contributed by atoms with van der Waals surface area (Å²) in [6, 6.07) is 19.7. The summed E-state index contributed by atoms with van der Waals surface area (Å²) in [4.78, 5) is 4.31. The van der Waals surface area contributed by atoms with Crippen LogP contribution in [-0.2, 0) is 16.6 Å². The van der Waals surface area contributed by atoms with Crippen molar-refractivity contribution in [3.05, 3.63) is 78.5 Å². The Morgan fingerprint density at radius 1 is 0.917 bits per heavy atom. The second kappa shape index (κ2) is 6.82. The molecule has 0 bridgehead atoms. The minimum atomic E-state index is -3.86. The van der Waals surface area contributed by atoms with Gasteiger partial charge >= 0.3 is 0 Å². The fourth-order valence-corrected chi connectivity index (χ4v) is 3.09. The van der Waals surface area contributed by atoms with Crippen molar-refractivity contribution in [2.75, 3.05) is 0 Å². The van der Waals surface area contributed by atoms with E-state index < -0.39 is 10.0 Å². The number of benzene rings is 2. The second-order valence-corrected chi connectivity index (χ2v) is 6.70. The molecule has 0 fully saturated rings. The van der Waals surface area contributed by atoms with Crippen molar-refractivity contribution in [1.29, 1.82) is 0 Å². The normalized spacial score (nSPS) is 11.2. The summed E-state index contributed by atoms with van der Waals surface area (Å²) in [5.41, 5.74) is 1.87. The highest BCUT2D eigenvalue weighted by Gasteiger charge is 2.18. The third kappa shape index (κ3) is 3.61. The largest absolute Gasteiger partial charge is 0.487 e. The van der Waals surface area contributed by atoms with Gasteiger partial charge in [0.05, 0.1) is 4.90 Å². The van der Waals surface area contributed by atoms with Crippen molar-refractivity contribution in [3.8, 4) is 17.0 Å². The van der Waals surface area contributed by atoms with Gasteiger partial charge in [0, 0.05) is 11.8 Å². The molecule has 0 aliphatic heterocycles. The molecule has 24 heavy (non-hydrogen) atoms. The van der Waals surface area contributed by atoms with Crippen LogP contribution in [0.5, 0.6) is 5.75 Å². The Bertz CT molecular complexity index is 941. The molecule has 0 amide bonds. The van der Waals surface area contributed by atoms with E-state index in [1.807, 2.05) is 30.3 Å². The molecule has 3 aromatic rings. The van der Waals surface area contributed by atoms with Gasteiger partial charge in [0.2, 0.25) is 10.0 Å². The van der Waals surface area contributed by atoms with Crippen LogP contribution in [0, 0.1) is 0 Å². The highest BCUT2D eigenvalue weighted by atomic mass is 32.2. The van der Waals surface area contributed by atoms with Crippen LogP contribution in [0.2, 0.25) is 0 Å². The highest BCUT2D eigenvalue weighted by molar-refractivity contribution is 7.89. The highest BCUT2D eigenvalue weighted by Crippen LogP contribution is 2.32. The SMILES string of the molecule is NS(=O)(=O)c1ccccc1-c1ncccc1OCc1ccccc1. The molecule has 1 heterocycles. The Morgan fingerprint density at radius 3 is 2.38 bits per heavy atom. The van der Waals surface area contributed by atoms with Gasteiger partial charge in [-0.3, -0.25) is 4.98 Å². The van der Waals surface area contributed by atoms with Gasteiger partial charge in [-0.2, -0.15) is 0 Å². The van der Waals surface area contributed by atoms with E-state index in [9.17, 15) is 8.42 Å². The molecule has 2 N–H and O–H groups in total. The zero-order valence-electron chi connectivity index (χ0n) is 12.8. The molecule has 5 nitrogen and oxygen atoms in total. The number of nitrogens with two attached hydrogens (primary N) is 1. The number of hydrogen-bond donors (Lipinski definition) is 1. The lowest BCUT2D eigenvalue weighted by molar-refractivity contribution is 0.306. The fraction of sp³-hybridized carbons (Fsp3) is 0.0556. The van der Waals surface area contributed by atoms with E-state index in [1.165, 1.54) is 6.07 Å². The molecule has 2 aromatic carbocycles. The predicted octanol–water partition coefficient (Wildman–Crippen LogP) is 2.98. The topological polar surface area (TPSA) is 82.3 Å². The van der Waals surface area contributed by atoms with Crippen molar-refractivity contribution in [2.45, 2.75) is 11.5 Å². The third-order valence-electron chi connectivity index (χ3n) is 3.46. The summed E-state index contributed by atoms with van der Waals surface area (Å²) in [6.45, 7) is 0.358. The summed E-state index contributed by atoms with van der Waals surface area (Å²) in [5, 5.41) is 5.31. The maximum absolute atomic E-state index is 11.8. The molecule has 0 spiro atoms. The number of pyridine rings is 1. The van der Waals surface area contributed by atoms with E-state index in [2.05, 4.69) is 4.98 Å². The van der Waals surface area contributed by atoms with Gasteiger partial charge in [0.25, 0.3) is 0 Å². The molecule has 6 heteroatoms. The number of nitrogens with zero attached hydrogens (tertiary/aromatic N) is 1. The number of hydrogen-bond acceptors (Lipinski definition) is 4. The molecule has 0 aliphatic carbocycles. The smallest absolute Gasteiger partial charge is 0.238 e. The van der Waals surface area contributed by atoms with E-state index >= 15 is 0 Å². The molecule has 0 atom stereocenters. The first-order valence-electron chi connectivity index (χ1n) is 7.29. The van der Waals surface area contributed by atoms with Crippen LogP contribution < -0.4 is 9.88 Å². The first-order chi connectivity index (χ1) is 11.6. The molecule has 0 radical (unpaired) electrons. The van der Waals surface area contributed by atoms with E-state index in [-0.39, 0.29) is 4.90 Å². The van der Waals surface area contributed by atoms with E-state index in [0.717, 1.165) is 5.56 Å². The van der Waals surface area contributed by atoms with Crippen molar-refractivity contribution < 1.29 is 13.2 Å². The van der Waals surface area contributed by atoms with Gasteiger partial charge in [0.15, 0.2) is 0 Å². The van der Waals surface area contributed by atoms with Crippen LogP contribution in [0.25, 0.3) is 11.3 Å². The minimum Gasteiger partial charge on any atom is -0.487 e. The van der Waals surface area contributed by atoms with Crippen LogP contribution in [-0.4, -0.2) is 13.4 Å². The Morgan fingerprint density at radius 2 is 1.62 bits per heavy atom. The summed E-state index contributed by atoms with van der Waals surface area (Å²) in [6.07, 6.45) is 1.59. The van der Waals surface area contributed by atoms with E-state index in [0.29, 0.717) is 23.6 Å². The van der Waals surface area contributed by atoms with Crippen LogP contribution >= 0.6 is 0 Å². The molecule has 0 aliphatic rings. The van der Waals surface area contributed by atoms with E-state index in [1.54, 1.807) is 36.5 Å². The van der Waals surface area contributed by atoms with Crippen molar-refractivity contribution in [1.82, 2.24) is 4.98 Å². The van der Waals surface area contributed by atoms with Gasteiger partial charge in [-0.15, -0.1) is 0 Å². The lowest BCUT2D eigenvalue weighted by Gasteiger charge is -2.13. The monoisotopic (exact) mass is 340 g/mol. The average molecular weight is 340 g/mol. The number of ether oxygens (including phenoxy) is 1. The first-order valence-corrected chi connectivity index (χ1v) is 8.84. The molecule has 1 aromatic heterocycles. The number of primary sulfonamides is 1. The summed E-state index contributed by atoms with van der Waals surface area (Å²) in [5.74, 6) is 0.498. The van der Waals surface area contributed by atoms with Gasteiger partial charge < -0.3 is 4.74 Å². The lowest BCUT2D eigenvalue weighted by atomic mass is 10.1. The zero-order valence-corrected chi connectivity index (χ0v) is 13.6.